The van der Waals surface area contributed by atoms with Crippen molar-refractivity contribution in [2.24, 2.45) is 0 Å². The third kappa shape index (κ3) is 5.65. The van der Waals surface area contributed by atoms with Crippen LogP contribution in [0, 0.1) is 11.3 Å². The summed E-state index contributed by atoms with van der Waals surface area (Å²) in [7, 11) is 0. The van der Waals surface area contributed by atoms with Gasteiger partial charge in [0.2, 0.25) is 0 Å². The number of nitrogens with zero attached hydrogens (tertiary/aromatic N) is 7. The van der Waals surface area contributed by atoms with Crippen LogP contribution in [0.4, 0.5) is 17.1 Å². The van der Waals surface area contributed by atoms with E-state index in [1.165, 1.54) is 0 Å². The first-order chi connectivity index (χ1) is 28.7. The summed E-state index contributed by atoms with van der Waals surface area (Å²) >= 11 is 0. The topological polar surface area (TPSA) is 105 Å². The van der Waals surface area contributed by atoms with Gasteiger partial charge >= 0.3 is 0 Å². The maximum Gasteiger partial charge on any atom is 0.163 e. The number of benzene rings is 5. The number of nitriles is 1. The van der Waals surface area contributed by atoms with Crippen molar-refractivity contribution in [2.75, 3.05) is 4.90 Å². The Balaban J connectivity index is 1.00. The number of furan rings is 1. The van der Waals surface area contributed by atoms with Gasteiger partial charge in [-0.2, -0.15) is 5.26 Å². The normalized spacial score (nSPS) is 11.4. The van der Waals surface area contributed by atoms with Crippen LogP contribution in [0.15, 0.2) is 181 Å². The molecule has 8 heteroatoms. The number of pyridine rings is 5. The lowest BCUT2D eigenvalue weighted by Crippen LogP contribution is -2.10. The summed E-state index contributed by atoms with van der Waals surface area (Å²) in [5.74, 6) is 0. The summed E-state index contributed by atoms with van der Waals surface area (Å²) in [5, 5.41) is 13.1. The highest BCUT2D eigenvalue weighted by atomic mass is 16.3. The molecule has 0 saturated heterocycles. The highest BCUT2D eigenvalue weighted by Gasteiger charge is 2.19. The maximum atomic E-state index is 10.1. The van der Waals surface area contributed by atoms with Crippen LogP contribution in [0.3, 0.4) is 0 Å². The molecule has 0 aliphatic rings. The molecule has 0 atom stereocenters. The second-order valence-corrected chi connectivity index (χ2v) is 14.1. The summed E-state index contributed by atoms with van der Waals surface area (Å²) in [6, 6.07) is 55.7. The van der Waals surface area contributed by atoms with Crippen LogP contribution in [-0.2, 0) is 0 Å². The van der Waals surface area contributed by atoms with Crippen LogP contribution in [0.2, 0.25) is 0 Å². The fourth-order valence-electron chi connectivity index (χ4n) is 7.79. The highest BCUT2D eigenvalue weighted by molar-refractivity contribution is 6.09. The third-order valence-corrected chi connectivity index (χ3v) is 10.6. The van der Waals surface area contributed by atoms with Crippen molar-refractivity contribution in [3.8, 4) is 39.7 Å². The summed E-state index contributed by atoms with van der Waals surface area (Å²) in [6.45, 7) is 0. The molecule has 270 valence electrons. The summed E-state index contributed by atoms with van der Waals surface area (Å²) in [6.07, 6.45) is 5.21. The number of hydrogen-bond acceptors (Lipinski definition) is 8. The number of hydrogen-bond donors (Lipinski definition) is 0. The van der Waals surface area contributed by atoms with Gasteiger partial charge in [0.1, 0.15) is 17.2 Å². The predicted octanol–water partition coefficient (Wildman–Crippen LogP) is 12.4. The highest BCUT2D eigenvalue weighted by Crippen LogP contribution is 2.41. The van der Waals surface area contributed by atoms with Crippen molar-refractivity contribution < 1.29 is 4.42 Å². The molecule has 5 aromatic carbocycles. The van der Waals surface area contributed by atoms with E-state index >= 15 is 0 Å². The Labute approximate surface area is 332 Å². The Morgan fingerprint density at radius 3 is 1.74 bits per heavy atom. The van der Waals surface area contributed by atoms with Gasteiger partial charge < -0.3 is 9.32 Å². The predicted molar refractivity (Wildman–Crippen MR) is 231 cm³/mol. The first-order valence-electron chi connectivity index (χ1n) is 18.9. The molecule has 6 aromatic heterocycles. The Morgan fingerprint density at radius 1 is 0.500 bits per heavy atom. The Bertz CT molecular complexity index is 3300. The lowest BCUT2D eigenvalue weighted by Gasteiger charge is -2.26. The van der Waals surface area contributed by atoms with Gasteiger partial charge in [-0.25, -0.2) is 9.97 Å². The molecule has 11 aromatic rings. The van der Waals surface area contributed by atoms with Crippen LogP contribution < -0.4 is 4.90 Å². The standard InChI is InChI=1S/C50H29N7O/c51-29-36-30-54-49-40-5-1-2-8-47(40)58-50(49)48(36)35-10-9-34-28-39(20-15-33(34)27-35)57(37-16-11-31(12-17-37)41-21-23-43-45(55-41)6-3-25-52-43)38-18-13-32(14-19-38)42-22-24-44-46(56-42)7-4-26-53-44/h1-28,30H. The van der Waals surface area contributed by atoms with Gasteiger partial charge in [0.05, 0.1) is 39.0 Å². The van der Waals surface area contributed by atoms with Gasteiger partial charge in [-0.15, -0.1) is 0 Å². The van der Waals surface area contributed by atoms with Crippen LogP contribution in [0.5, 0.6) is 0 Å². The number of rotatable bonds is 6. The van der Waals surface area contributed by atoms with Gasteiger partial charge in [-0.3, -0.25) is 15.0 Å². The smallest absolute Gasteiger partial charge is 0.163 e. The van der Waals surface area contributed by atoms with Crippen LogP contribution in [-0.4, -0.2) is 24.9 Å². The molecule has 0 spiro atoms. The van der Waals surface area contributed by atoms with Crippen molar-refractivity contribution >= 4 is 72.0 Å². The zero-order chi connectivity index (χ0) is 38.6. The molecule has 11 rings (SSSR count). The zero-order valence-electron chi connectivity index (χ0n) is 30.8. The molecular formula is C50H29N7O. The molecule has 0 amide bonds. The van der Waals surface area contributed by atoms with Crippen LogP contribution in [0.25, 0.3) is 88.5 Å². The van der Waals surface area contributed by atoms with Crippen LogP contribution >= 0.6 is 0 Å². The summed E-state index contributed by atoms with van der Waals surface area (Å²) < 4.78 is 6.32. The van der Waals surface area contributed by atoms with Crippen molar-refractivity contribution in [3.63, 3.8) is 0 Å². The number of aromatic nitrogens is 5. The van der Waals surface area contributed by atoms with E-state index in [4.69, 9.17) is 14.4 Å². The minimum Gasteiger partial charge on any atom is -0.454 e. The average Bonchev–Trinajstić information content (AvgIpc) is 3.67. The Morgan fingerprint density at radius 2 is 1.09 bits per heavy atom. The first-order valence-corrected chi connectivity index (χ1v) is 18.9. The molecule has 8 nitrogen and oxygen atoms in total. The fourth-order valence-corrected chi connectivity index (χ4v) is 7.79. The largest absolute Gasteiger partial charge is 0.454 e. The summed E-state index contributed by atoms with van der Waals surface area (Å²) in [5.41, 5.74) is 14.4. The molecule has 0 aliphatic heterocycles. The average molecular weight is 744 g/mol. The van der Waals surface area contributed by atoms with Crippen molar-refractivity contribution in [2.45, 2.75) is 0 Å². The second kappa shape index (κ2) is 13.5. The van der Waals surface area contributed by atoms with E-state index < -0.39 is 0 Å². The van der Waals surface area contributed by atoms with Gasteiger partial charge in [0, 0.05) is 57.7 Å². The van der Waals surface area contributed by atoms with Crippen LogP contribution in [0.1, 0.15) is 5.56 Å². The number of fused-ring (bicyclic) bond motifs is 6. The molecule has 0 N–H and O–H groups in total. The molecule has 0 aliphatic carbocycles. The molecule has 0 saturated carbocycles. The SMILES string of the molecule is N#Cc1cnc2c(oc3ccccc32)c1-c1ccc2cc(N(c3ccc(-c4ccc5ncccc5n4)cc3)c3ccc(-c4ccc5ncccc5n4)cc3)ccc2c1. The molecular weight excluding hydrogens is 715 g/mol. The van der Waals surface area contributed by atoms with E-state index in [1.807, 2.05) is 72.8 Å². The second-order valence-electron chi connectivity index (χ2n) is 14.1. The Kier molecular flexibility index (Phi) is 7.69. The van der Waals surface area contributed by atoms with Gasteiger partial charge in [-0.1, -0.05) is 54.6 Å². The minimum atomic E-state index is 0.465. The molecule has 0 radical (unpaired) electrons. The molecule has 58 heavy (non-hydrogen) atoms. The number of anilines is 3. The monoisotopic (exact) mass is 743 g/mol. The van der Waals surface area contributed by atoms with E-state index in [0.717, 1.165) is 100 Å². The quantitative estimate of drug-likeness (QED) is 0.166. The van der Waals surface area contributed by atoms with E-state index in [0.29, 0.717) is 11.1 Å². The van der Waals surface area contributed by atoms with Crippen molar-refractivity contribution in [1.29, 1.82) is 5.26 Å². The number of para-hydroxylation sites is 1. The Hall–Kier alpha value is -8.28. The fraction of sp³-hybridized carbons (Fsp3) is 0. The van der Waals surface area contributed by atoms with Gasteiger partial charge in [0.15, 0.2) is 5.58 Å². The van der Waals surface area contributed by atoms with E-state index in [2.05, 4.69) is 111 Å². The molecule has 0 unspecified atom stereocenters. The lowest BCUT2D eigenvalue weighted by molar-refractivity contribution is 0.669. The summed E-state index contributed by atoms with van der Waals surface area (Å²) in [4.78, 5) is 25.5. The lowest BCUT2D eigenvalue weighted by atomic mass is 9.97. The van der Waals surface area contributed by atoms with E-state index in [1.54, 1.807) is 18.6 Å². The van der Waals surface area contributed by atoms with E-state index in [-0.39, 0.29) is 0 Å². The maximum absolute atomic E-state index is 10.1. The van der Waals surface area contributed by atoms with Crippen molar-refractivity contribution in [3.05, 3.63) is 182 Å². The van der Waals surface area contributed by atoms with Gasteiger partial charge in [0.25, 0.3) is 0 Å². The third-order valence-electron chi connectivity index (χ3n) is 10.6. The molecule has 0 fully saturated rings. The molecule has 0 bridgehead atoms. The minimum absolute atomic E-state index is 0.465. The molecule has 6 heterocycles. The van der Waals surface area contributed by atoms with E-state index in [9.17, 15) is 5.26 Å². The zero-order valence-corrected chi connectivity index (χ0v) is 30.8. The van der Waals surface area contributed by atoms with Gasteiger partial charge in [-0.05, 0) is 119 Å². The first kappa shape index (κ1) is 33.1. The van der Waals surface area contributed by atoms with Crippen molar-refractivity contribution in [1.82, 2.24) is 24.9 Å².